The number of ketones is 1. The Morgan fingerprint density at radius 3 is 2.16 bits per heavy atom. The molecular formula is C23H13Cl2NO5. The van der Waals surface area contributed by atoms with E-state index in [0.29, 0.717) is 21.3 Å². The normalized spacial score (nSPS) is 12.6. The number of Topliss-reactive ketones (excluding diaryl/α,β-unsaturated/α-hetero) is 1. The van der Waals surface area contributed by atoms with Gasteiger partial charge in [-0.2, -0.15) is 0 Å². The number of rotatable bonds is 5. The van der Waals surface area contributed by atoms with Crippen molar-refractivity contribution in [3.8, 4) is 0 Å². The van der Waals surface area contributed by atoms with Crippen molar-refractivity contribution in [1.82, 2.24) is 0 Å². The first-order valence-corrected chi connectivity index (χ1v) is 9.85. The molecule has 154 valence electrons. The summed E-state index contributed by atoms with van der Waals surface area (Å²) in [6.07, 6.45) is 0. The maximum atomic E-state index is 12.8. The summed E-state index contributed by atoms with van der Waals surface area (Å²) in [6.45, 7) is -0.473. The fourth-order valence-corrected chi connectivity index (χ4v) is 3.46. The average molecular weight is 454 g/mol. The van der Waals surface area contributed by atoms with E-state index in [1.165, 1.54) is 36.4 Å². The number of esters is 1. The second-order valence-corrected chi connectivity index (χ2v) is 7.57. The van der Waals surface area contributed by atoms with Crippen LogP contribution in [0.4, 0.5) is 5.69 Å². The number of fused-ring (bicyclic) bond motifs is 1. The van der Waals surface area contributed by atoms with Gasteiger partial charge in [0, 0.05) is 15.6 Å². The molecule has 1 aliphatic rings. The summed E-state index contributed by atoms with van der Waals surface area (Å²) >= 11 is 11.8. The molecule has 3 aromatic rings. The summed E-state index contributed by atoms with van der Waals surface area (Å²) in [5, 5.41) is 0.862. The van der Waals surface area contributed by atoms with Gasteiger partial charge in [-0.15, -0.1) is 0 Å². The van der Waals surface area contributed by atoms with Crippen molar-refractivity contribution >= 4 is 52.5 Å². The Kier molecular flexibility index (Phi) is 5.59. The zero-order chi connectivity index (χ0) is 22.1. The quantitative estimate of drug-likeness (QED) is 0.313. The molecule has 0 aromatic heterocycles. The summed E-state index contributed by atoms with van der Waals surface area (Å²) in [6, 6.07) is 16.6. The highest BCUT2D eigenvalue weighted by atomic mass is 35.5. The van der Waals surface area contributed by atoms with Crippen LogP contribution in [0.15, 0.2) is 66.7 Å². The van der Waals surface area contributed by atoms with Crippen molar-refractivity contribution in [2.24, 2.45) is 0 Å². The van der Waals surface area contributed by atoms with Crippen LogP contribution in [-0.2, 0) is 4.74 Å². The highest BCUT2D eigenvalue weighted by Crippen LogP contribution is 2.30. The second-order valence-electron chi connectivity index (χ2n) is 6.69. The Morgan fingerprint density at radius 2 is 1.45 bits per heavy atom. The molecule has 0 aliphatic carbocycles. The van der Waals surface area contributed by atoms with Crippen LogP contribution in [0.3, 0.4) is 0 Å². The molecule has 0 N–H and O–H groups in total. The van der Waals surface area contributed by atoms with Gasteiger partial charge in [-0.3, -0.25) is 14.4 Å². The summed E-state index contributed by atoms with van der Waals surface area (Å²) in [7, 11) is 0. The smallest absolute Gasteiger partial charge is 0.338 e. The number of ether oxygens (including phenoxy) is 1. The molecular weight excluding hydrogens is 441 g/mol. The van der Waals surface area contributed by atoms with Crippen molar-refractivity contribution in [2.45, 2.75) is 0 Å². The van der Waals surface area contributed by atoms with Crippen LogP contribution < -0.4 is 4.90 Å². The predicted molar refractivity (Wildman–Crippen MR) is 115 cm³/mol. The fourth-order valence-electron chi connectivity index (χ4n) is 3.15. The lowest BCUT2D eigenvalue weighted by Crippen LogP contribution is -2.29. The molecule has 0 atom stereocenters. The maximum Gasteiger partial charge on any atom is 0.338 e. The van der Waals surface area contributed by atoms with Crippen LogP contribution >= 0.6 is 23.2 Å². The van der Waals surface area contributed by atoms with Gasteiger partial charge < -0.3 is 4.74 Å². The van der Waals surface area contributed by atoms with E-state index in [-0.39, 0.29) is 16.7 Å². The summed E-state index contributed by atoms with van der Waals surface area (Å²) in [5.74, 6) is -2.27. The van der Waals surface area contributed by atoms with Crippen LogP contribution in [0.25, 0.3) is 0 Å². The van der Waals surface area contributed by atoms with E-state index in [4.69, 9.17) is 27.9 Å². The molecule has 1 aliphatic heterocycles. The van der Waals surface area contributed by atoms with Gasteiger partial charge >= 0.3 is 5.97 Å². The third kappa shape index (κ3) is 4.08. The average Bonchev–Trinajstić information content (AvgIpc) is 3.02. The lowest BCUT2D eigenvalue weighted by atomic mass is 10.1. The van der Waals surface area contributed by atoms with Crippen LogP contribution in [0.1, 0.15) is 41.4 Å². The highest BCUT2D eigenvalue weighted by molar-refractivity contribution is 6.35. The fraction of sp³-hybridized carbons (Fsp3) is 0.0435. The number of amides is 2. The van der Waals surface area contributed by atoms with E-state index in [1.807, 2.05) is 0 Å². The molecule has 2 amide bonds. The molecule has 0 spiro atoms. The summed E-state index contributed by atoms with van der Waals surface area (Å²) < 4.78 is 5.07. The number of nitrogens with zero attached hydrogens (tertiary/aromatic N) is 1. The second kappa shape index (κ2) is 8.34. The lowest BCUT2D eigenvalue weighted by Gasteiger charge is -2.13. The SMILES string of the molecule is O=C(COC(=O)c1ccc2c(c1)C(=O)N(c1cccc(Cl)c1)C2=O)c1ccc(Cl)cc1. The highest BCUT2D eigenvalue weighted by Gasteiger charge is 2.37. The zero-order valence-electron chi connectivity index (χ0n) is 15.8. The zero-order valence-corrected chi connectivity index (χ0v) is 17.3. The van der Waals surface area contributed by atoms with Crippen molar-refractivity contribution < 1.29 is 23.9 Å². The molecule has 4 rings (SSSR count). The topological polar surface area (TPSA) is 80.8 Å². The number of carbonyl (C=O) groups excluding carboxylic acids is 4. The van der Waals surface area contributed by atoms with Crippen molar-refractivity contribution in [1.29, 1.82) is 0 Å². The van der Waals surface area contributed by atoms with Crippen molar-refractivity contribution in [3.05, 3.63) is 99.0 Å². The number of anilines is 1. The number of hydrogen-bond donors (Lipinski definition) is 0. The van der Waals surface area contributed by atoms with Crippen LogP contribution in [-0.4, -0.2) is 30.2 Å². The van der Waals surface area contributed by atoms with E-state index in [1.54, 1.807) is 30.3 Å². The number of halogens is 2. The molecule has 0 fully saturated rings. The third-order valence-corrected chi connectivity index (χ3v) is 5.18. The van der Waals surface area contributed by atoms with Gasteiger partial charge in [0.05, 0.1) is 22.4 Å². The molecule has 31 heavy (non-hydrogen) atoms. The van der Waals surface area contributed by atoms with Gasteiger partial charge in [0.25, 0.3) is 11.8 Å². The van der Waals surface area contributed by atoms with Gasteiger partial charge in [-0.05, 0) is 60.7 Å². The molecule has 0 saturated heterocycles. The summed E-state index contributed by atoms with van der Waals surface area (Å²) in [5.41, 5.74) is 0.972. The van der Waals surface area contributed by atoms with E-state index in [9.17, 15) is 19.2 Å². The minimum atomic E-state index is -0.786. The third-order valence-electron chi connectivity index (χ3n) is 4.69. The Labute approximate surface area is 186 Å². The van der Waals surface area contributed by atoms with Crippen molar-refractivity contribution in [3.63, 3.8) is 0 Å². The van der Waals surface area contributed by atoms with Crippen molar-refractivity contribution in [2.75, 3.05) is 11.5 Å². The first kappa shape index (κ1) is 20.8. The van der Waals surface area contributed by atoms with Crippen LogP contribution in [0.5, 0.6) is 0 Å². The van der Waals surface area contributed by atoms with E-state index in [2.05, 4.69) is 0 Å². The maximum absolute atomic E-state index is 12.8. The van der Waals surface area contributed by atoms with Crippen LogP contribution in [0.2, 0.25) is 10.0 Å². The molecule has 8 heteroatoms. The van der Waals surface area contributed by atoms with E-state index < -0.39 is 30.2 Å². The monoisotopic (exact) mass is 453 g/mol. The largest absolute Gasteiger partial charge is 0.454 e. The molecule has 0 radical (unpaired) electrons. The van der Waals surface area contributed by atoms with Gasteiger partial charge in [-0.25, -0.2) is 9.69 Å². The summed E-state index contributed by atoms with van der Waals surface area (Å²) in [4.78, 5) is 51.1. The molecule has 0 bridgehead atoms. The Morgan fingerprint density at radius 1 is 0.774 bits per heavy atom. The molecule has 3 aromatic carbocycles. The number of imide groups is 1. The Bertz CT molecular complexity index is 1240. The van der Waals surface area contributed by atoms with Gasteiger partial charge in [0.1, 0.15) is 0 Å². The minimum Gasteiger partial charge on any atom is -0.454 e. The van der Waals surface area contributed by atoms with Crippen LogP contribution in [0, 0.1) is 0 Å². The Hall–Kier alpha value is -3.48. The Balaban J connectivity index is 1.51. The molecule has 0 saturated carbocycles. The number of benzene rings is 3. The predicted octanol–water partition coefficient (Wildman–Crippen LogP) is 4.83. The number of carbonyl (C=O) groups is 4. The van der Waals surface area contributed by atoms with E-state index in [0.717, 1.165) is 4.90 Å². The molecule has 6 nitrogen and oxygen atoms in total. The standard InChI is InChI=1S/C23H13Cl2NO5/c24-15-7-4-13(5-8-15)20(27)12-31-23(30)14-6-9-18-19(10-14)22(29)26(21(18)28)17-3-1-2-16(25)11-17/h1-11H,12H2. The molecule has 1 heterocycles. The first-order chi connectivity index (χ1) is 14.8. The molecule has 0 unspecified atom stereocenters. The van der Waals surface area contributed by atoms with Gasteiger partial charge in [0.2, 0.25) is 0 Å². The van der Waals surface area contributed by atoms with Gasteiger partial charge in [0.15, 0.2) is 12.4 Å². The van der Waals surface area contributed by atoms with Gasteiger partial charge in [-0.1, -0.05) is 29.3 Å². The first-order valence-electron chi connectivity index (χ1n) is 9.09. The minimum absolute atomic E-state index is 0.0525. The number of hydrogen-bond acceptors (Lipinski definition) is 5. The lowest BCUT2D eigenvalue weighted by molar-refractivity contribution is 0.0474. The van der Waals surface area contributed by atoms with E-state index >= 15 is 0 Å².